The number of benzene rings is 1. The van der Waals surface area contributed by atoms with E-state index in [2.05, 4.69) is 57.7 Å². The number of aliphatic hydroxyl groups is 1. The molecular weight excluding hydrogens is 446 g/mol. The van der Waals surface area contributed by atoms with Crippen molar-refractivity contribution in [2.45, 2.75) is 58.3 Å². The summed E-state index contributed by atoms with van der Waals surface area (Å²) >= 11 is 0. The molecule has 3 heterocycles. The van der Waals surface area contributed by atoms with Crippen LogP contribution in [0.2, 0.25) is 0 Å². The lowest BCUT2D eigenvalue weighted by Crippen LogP contribution is -2.34. The fourth-order valence-corrected chi connectivity index (χ4v) is 4.48. The maximum Gasteiger partial charge on any atom is 0.222 e. The van der Waals surface area contributed by atoms with E-state index in [-0.39, 0.29) is 18.6 Å². The number of anilines is 2. The number of nitrogens with two attached hydrogens (primary N) is 1. The molecule has 1 aliphatic rings. The van der Waals surface area contributed by atoms with Crippen LogP contribution in [0.5, 0.6) is 5.75 Å². The zero-order chi connectivity index (χ0) is 24.8. The van der Waals surface area contributed by atoms with E-state index in [0.29, 0.717) is 36.3 Å². The lowest BCUT2D eigenvalue weighted by atomic mass is 10.0. The molecule has 0 unspecified atom stereocenters. The average Bonchev–Trinajstić information content (AvgIpc) is 3.26. The Kier molecular flexibility index (Phi) is 8.37. The Hall–Kier alpha value is -2.95. The molecular formula is C25H37N7O3. The van der Waals surface area contributed by atoms with Crippen LogP contribution in [-0.2, 0) is 17.8 Å². The largest absolute Gasteiger partial charge is 0.496 e. The number of aliphatic hydroxyl groups excluding tert-OH is 1. The van der Waals surface area contributed by atoms with E-state index in [1.54, 1.807) is 13.3 Å². The fourth-order valence-electron chi connectivity index (χ4n) is 4.48. The number of ether oxygens (including phenoxy) is 2. The summed E-state index contributed by atoms with van der Waals surface area (Å²) in [6.07, 6.45) is 4.39. The molecule has 1 atom stereocenters. The van der Waals surface area contributed by atoms with Crippen molar-refractivity contribution < 1.29 is 14.6 Å². The van der Waals surface area contributed by atoms with Gasteiger partial charge in [0.2, 0.25) is 5.95 Å². The quantitative estimate of drug-likeness (QED) is 0.325. The van der Waals surface area contributed by atoms with Gasteiger partial charge in [0.25, 0.3) is 0 Å². The first-order valence-corrected chi connectivity index (χ1v) is 12.3. The van der Waals surface area contributed by atoms with Gasteiger partial charge in [-0.05, 0) is 36.8 Å². The molecule has 1 aromatic carbocycles. The summed E-state index contributed by atoms with van der Waals surface area (Å²) < 4.78 is 13.0. The van der Waals surface area contributed by atoms with E-state index in [4.69, 9.17) is 15.2 Å². The van der Waals surface area contributed by atoms with E-state index >= 15 is 0 Å². The summed E-state index contributed by atoms with van der Waals surface area (Å²) in [7, 11) is 1.69. The summed E-state index contributed by atoms with van der Waals surface area (Å²) in [6.45, 7) is 7.23. The molecule has 1 saturated heterocycles. The lowest BCUT2D eigenvalue weighted by molar-refractivity contribution is 0.0776. The minimum atomic E-state index is 0.0397. The standard InChI is InChI=1S/C25H37N7O3/c1-16(2)20(6-9-33)29-24-23-21(30-25(26)31-24)14-28-32(23)15-18-5-4-17(12-22(18)34-3)13-27-19-7-10-35-11-8-19/h4-5,12,14,16,19-20,27,33H,6-11,13,15H2,1-3H3,(H3,26,29,30,31)/t20-/m1/s1. The van der Waals surface area contributed by atoms with Gasteiger partial charge in [0.1, 0.15) is 16.8 Å². The second-order valence-corrected chi connectivity index (χ2v) is 9.39. The van der Waals surface area contributed by atoms with Gasteiger partial charge >= 0.3 is 0 Å². The number of methoxy groups -OCH3 is 1. The van der Waals surface area contributed by atoms with Crippen LogP contribution in [0.15, 0.2) is 24.4 Å². The molecule has 0 bridgehead atoms. The molecule has 10 heteroatoms. The van der Waals surface area contributed by atoms with Crippen molar-refractivity contribution in [2.24, 2.45) is 5.92 Å². The summed E-state index contributed by atoms with van der Waals surface area (Å²) in [5.41, 5.74) is 9.59. The summed E-state index contributed by atoms with van der Waals surface area (Å²) in [4.78, 5) is 8.84. The monoisotopic (exact) mass is 483 g/mol. The maximum atomic E-state index is 9.49. The molecule has 190 valence electrons. The molecule has 10 nitrogen and oxygen atoms in total. The SMILES string of the molecule is COc1cc(CNC2CCOCC2)ccc1Cn1ncc2nc(N)nc(N[C@H](CCO)C(C)C)c21. The first-order valence-electron chi connectivity index (χ1n) is 12.3. The Bertz CT molecular complexity index is 1110. The fraction of sp³-hybridized carbons (Fsp3) is 0.560. The average molecular weight is 484 g/mol. The van der Waals surface area contributed by atoms with E-state index in [9.17, 15) is 5.11 Å². The third-order valence-corrected chi connectivity index (χ3v) is 6.56. The molecule has 0 spiro atoms. The number of hydrogen-bond donors (Lipinski definition) is 4. The minimum Gasteiger partial charge on any atom is -0.496 e. The van der Waals surface area contributed by atoms with Crippen molar-refractivity contribution in [1.29, 1.82) is 0 Å². The highest BCUT2D eigenvalue weighted by molar-refractivity contribution is 5.86. The lowest BCUT2D eigenvalue weighted by Gasteiger charge is -2.23. The number of rotatable bonds is 11. The van der Waals surface area contributed by atoms with Crippen molar-refractivity contribution >= 4 is 22.8 Å². The molecule has 1 aliphatic heterocycles. The topological polar surface area (TPSA) is 132 Å². The van der Waals surface area contributed by atoms with Gasteiger partial charge in [-0.25, -0.2) is 4.98 Å². The molecule has 35 heavy (non-hydrogen) atoms. The highest BCUT2D eigenvalue weighted by atomic mass is 16.5. The van der Waals surface area contributed by atoms with Crippen LogP contribution in [0, 0.1) is 5.92 Å². The minimum absolute atomic E-state index is 0.0397. The third kappa shape index (κ3) is 6.19. The summed E-state index contributed by atoms with van der Waals surface area (Å²) in [5, 5.41) is 21.2. The second kappa shape index (κ2) is 11.7. The predicted molar refractivity (Wildman–Crippen MR) is 136 cm³/mol. The molecule has 4 rings (SSSR count). The highest BCUT2D eigenvalue weighted by Crippen LogP contribution is 2.27. The number of nitrogens with one attached hydrogen (secondary N) is 2. The Morgan fingerprint density at radius 3 is 2.77 bits per heavy atom. The molecule has 2 aromatic heterocycles. The first kappa shape index (κ1) is 25.2. The zero-order valence-corrected chi connectivity index (χ0v) is 20.8. The van der Waals surface area contributed by atoms with Gasteiger partial charge in [-0.15, -0.1) is 0 Å². The van der Waals surface area contributed by atoms with Gasteiger partial charge < -0.3 is 30.9 Å². The van der Waals surface area contributed by atoms with Crippen molar-refractivity contribution in [3.63, 3.8) is 0 Å². The Balaban J connectivity index is 1.56. The smallest absolute Gasteiger partial charge is 0.222 e. The molecule has 5 N–H and O–H groups in total. The van der Waals surface area contributed by atoms with Crippen LogP contribution in [0.1, 0.15) is 44.2 Å². The number of nitrogen functional groups attached to an aromatic ring is 1. The van der Waals surface area contributed by atoms with Crippen molar-refractivity contribution in [2.75, 3.05) is 38.0 Å². The number of nitrogens with zero attached hydrogens (tertiary/aromatic N) is 4. The Labute approximate surface area is 206 Å². The van der Waals surface area contributed by atoms with Crippen LogP contribution in [0.4, 0.5) is 11.8 Å². The summed E-state index contributed by atoms with van der Waals surface area (Å²) in [6, 6.07) is 6.82. The number of fused-ring (bicyclic) bond motifs is 1. The van der Waals surface area contributed by atoms with Crippen LogP contribution < -0.4 is 21.1 Å². The second-order valence-electron chi connectivity index (χ2n) is 9.39. The van der Waals surface area contributed by atoms with Crippen LogP contribution in [0.3, 0.4) is 0 Å². The van der Waals surface area contributed by atoms with Gasteiger partial charge in [0.15, 0.2) is 5.82 Å². The number of hydrogen-bond acceptors (Lipinski definition) is 9. The first-order chi connectivity index (χ1) is 17.0. The van der Waals surface area contributed by atoms with Gasteiger partial charge in [0.05, 0.1) is 19.9 Å². The van der Waals surface area contributed by atoms with Gasteiger partial charge in [0, 0.05) is 44.0 Å². The zero-order valence-electron chi connectivity index (χ0n) is 20.8. The van der Waals surface area contributed by atoms with Gasteiger partial charge in [-0.1, -0.05) is 26.0 Å². The Morgan fingerprint density at radius 1 is 1.26 bits per heavy atom. The molecule has 3 aromatic rings. The molecule has 0 saturated carbocycles. The van der Waals surface area contributed by atoms with Crippen molar-refractivity contribution in [3.05, 3.63) is 35.5 Å². The van der Waals surface area contributed by atoms with Crippen molar-refractivity contribution in [3.8, 4) is 5.75 Å². The molecule has 0 amide bonds. The van der Waals surface area contributed by atoms with Gasteiger partial charge in [-0.2, -0.15) is 10.1 Å². The molecule has 0 radical (unpaired) electrons. The highest BCUT2D eigenvalue weighted by Gasteiger charge is 2.20. The predicted octanol–water partition coefficient (Wildman–Crippen LogP) is 2.55. The van der Waals surface area contributed by atoms with Crippen LogP contribution in [-0.4, -0.2) is 63.9 Å². The number of aromatic nitrogens is 4. The van der Waals surface area contributed by atoms with E-state index in [1.807, 2.05) is 4.68 Å². The normalized spacial score (nSPS) is 15.6. The summed E-state index contributed by atoms with van der Waals surface area (Å²) in [5.74, 6) is 1.91. The molecule has 1 fully saturated rings. The van der Waals surface area contributed by atoms with Crippen LogP contribution >= 0.6 is 0 Å². The molecule has 0 aliphatic carbocycles. The van der Waals surface area contributed by atoms with Crippen LogP contribution in [0.25, 0.3) is 11.0 Å². The van der Waals surface area contributed by atoms with Gasteiger partial charge in [-0.3, -0.25) is 4.68 Å². The third-order valence-electron chi connectivity index (χ3n) is 6.56. The van der Waals surface area contributed by atoms with E-state index in [1.165, 1.54) is 5.56 Å². The maximum absolute atomic E-state index is 9.49. The van der Waals surface area contributed by atoms with E-state index in [0.717, 1.165) is 49.4 Å². The van der Waals surface area contributed by atoms with Crippen molar-refractivity contribution in [1.82, 2.24) is 25.1 Å². The van der Waals surface area contributed by atoms with E-state index < -0.39 is 0 Å². The Morgan fingerprint density at radius 2 is 2.06 bits per heavy atom.